The number of H-pyrrole nitrogens is 1. The maximum atomic E-state index is 12.1. The maximum absolute atomic E-state index is 12.1. The van der Waals surface area contributed by atoms with E-state index >= 15 is 0 Å². The number of primary sulfonamides is 1. The lowest BCUT2D eigenvalue weighted by Gasteiger charge is -2.10. The number of carbonyl (C=O) groups excluding carboxylic acids is 1. The number of esters is 1. The Bertz CT molecular complexity index is 588. The van der Waals surface area contributed by atoms with Crippen molar-refractivity contribution in [2.24, 2.45) is 5.14 Å². The first kappa shape index (κ1) is 15.0. The minimum atomic E-state index is -4.02. The highest BCUT2D eigenvalue weighted by Crippen LogP contribution is 2.24. The molecule has 112 valence electrons. The van der Waals surface area contributed by atoms with Crippen LogP contribution in [0.3, 0.4) is 0 Å². The minimum Gasteiger partial charge on any atom is -0.458 e. The molecule has 0 amide bonds. The van der Waals surface area contributed by atoms with Crippen molar-refractivity contribution in [1.29, 1.82) is 0 Å². The molecule has 0 saturated heterocycles. The Morgan fingerprint density at radius 3 is 2.65 bits per heavy atom. The van der Waals surface area contributed by atoms with E-state index in [1.807, 2.05) is 6.92 Å². The second-order valence-corrected chi connectivity index (χ2v) is 6.48. The highest BCUT2D eigenvalue weighted by molar-refractivity contribution is 7.89. The molecule has 2 rings (SSSR count). The Balaban J connectivity index is 2.28. The predicted octanol–water partition coefficient (Wildman–Crippen LogP) is 1.11. The van der Waals surface area contributed by atoms with Gasteiger partial charge in [-0.1, -0.05) is 13.3 Å². The van der Waals surface area contributed by atoms with E-state index in [-0.39, 0.29) is 16.7 Å². The number of sulfonamides is 1. The van der Waals surface area contributed by atoms with Gasteiger partial charge in [-0.05, 0) is 32.1 Å². The first-order valence-corrected chi connectivity index (χ1v) is 8.29. The second-order valence-electron chi connectivity index (χ2n) is 4.99. The molecule has 8 heteroatoms. The number of carbonyl (C=O) groups is 1. The average molecular weight is 301 g/mol. The third-order valence-corrected chi connectivity index (χ3v) is 4.35. The lowest BCUT2D eigenvalue weighted by molar-refractivity contribution is 0.0306. The molecular formula is C12H19N3O4S. The van der Waals surface area contributed by atoms with Crippen molar-refractivity contribution in [3.8, 4) is 0 Å². The van der Waals surface area contributed by atoms with Crippen LogP contribution >= 0.6 is 0 Å². The van der Waals surface area contributed by atoms with Crippen molar-refractivity contribution in [3.05, 3.63) is 11.4 Å². The van der Waals surface area contributed by atoms with Crippen LogP contribution in [0.25, 0.3) is 0 Å². The van der Waals surface area contributed by atoms with Gasteiger partial charge >= 0.3 is 5.97 Å². The summed E-state index contributed by atoms with van der Waals surface area (Å²) in [4.78, 5) is 11.8. The molecule has 3 N–H and O–H groups in total. The Labute approximate surface area is 117 Å². The molecule has 0 bridgehead atoms. The van der Waals surface area contributed by atoms with Gasteiger partial charge in [0.15, 0.2) is 5.69 Å². The SMILES string of the molecule is CCCc1[nH]nc(C(=O)OC2CCCC2)c1S(N)(=O)=O. The van der Waals surface area contributed by atoms with E-state index < -0.39 is 16.0 Å². The van der Waals surface area contributed by atoms with Crippen molar-refractivity contribution >= 4 is 16.0 Å². The van der Waals surface area contributed by atoms with Gasteiger partial charge in [-0.3, -0.25) is 5.10 Å². The molecule has 0 aliphatic heterocycles. The second kappa shape index (κ2) is 5.92. The molecule has 1 saturated carbocycles. The fourth-order valence-corrected chi connectivity index (χ4v) is 3.34. The quantitative estimate of drug-likeness (QED) is 0.790. The predicted molar refractivity (Wildman–Crippen MR) is 71.6 cm³/mol. The Kier molecular flexibility index (Phi) is 4.44. The number of aromatic amines is 1. The zero-order valence-electron chi connectivity index (χ0n) is 11.4. The largest absolute Gasteiger partial charge is 0.458 e. The van der Waals surface area contributed by atoms with Gasteiger partial charge in [-0.2, -0.15) is 5.10 Å². The monoisotopic (exact) mass is 301 g/mol. The fourth-order valence-electron chi connectivity index (χ4n) is 2.45. The molecule has 1 fully saturated rings. The van der Waals surface area contributed by atoms with Crippen molar-refractivity contribution in [3.63, 3.8) is 0 Å². The van der Waals surface area contributed by atoms with E-state index in [1.165, 1.54) is 0 Å². The molecular weight excluding hydrogens is 282 g/mol. The standard InChI is InChI=1S/C12H19N3O4S/c1-2-5-9-11(20(13,17)18)10(15-14-9)12(16)19-8-6-3-4-7-8/h8H,2-7H2,1H3,(H,14,15)(H2,13,17,18). The molecule has 7 nitrogen and oxygen atoms in total. The van der Waals surface area contributed by atoms with Gasteiger partial charge in [0.25, 0.3) is 0 Å². The molecule has 1 heterocycles. The summed E-state index contributed by atoms with van der Waals surface area (Å²) in [5.41, 5.74) is 0.122. The summed E-state index contributed by atoms with van der Waals surface area (Å²) in [6.07, 6.45) is 4.66. The number of nitrogens with two attached hydrogens (primary N) is 1. The highest BCUT2D eigenvalue weighted by atomic mass is 32.2. The van der Waals surface area contributed by atoms with Crippen LogP contribution in [0, 0.1) is 0 Å². The fraction of sp³-hybridized carbons (Fsp3) is 0.667. The Morgan fingerprint density at radius 2 is 2.10 bits per heavy atom. The minimum absolute atomic E-state index is 0.151. The Hall–Kier alpha value is -1.41. The lowest BCUT2D eigenvalue weighted by Crippen LogP contribution is -2.21. The van der Waals surface area contributed by atoms with Crippen LogP contribution in [-0.2, 0) is 21.2 Å². The van der Waals surface area contributed by atoms with E-state index in [9.17, 15) is 13.2 Å². The number of nitrogens with zero attached hydrogens (tertiary/aromatic N) is 1. The smallest absolute Gasteiger partial charge is 0.360 e. The molecule has 1 aliphatic carbocycles. The molecule has 1 aromatic heterocycles. The van der Waals surface area contributed by atoms with Crippen LogP contribution in [0.15, 0.2) is 4.90 Å². The van der Waals surface area contributed by atoms with Gasteiger partial charge in [0.05, 0.1) is 5.69 Å². The maximum Gasteiger partial charge on any atom is 0.360 e. The van der Waals surface area contributed by atoms with E-state index in [4.69, 9.17) is 9.88 Å². The van der Waals surface area contributed by atoms with Crippen molar-refractivity contribution in [2.45, 2.75) is 56.4 Å². The van der Waals surface area contributed by atoms with Crippen LogP contribution in [0.4, 0.5) is 0 Å². The zero-order chi connectivity index (χ0) is 14.8. The number of aromatic nitrogens is 2. The molecule has 0 unspecified atom stereocenters. The topological polar surface area (TPSA) is 115 Å². The number of aryl methyl sites for hydroxylation is 1. The molecule has 0 atom stereocenters. The van der Waals surface area contributed by atoms with Gasteiger partial charge in [0, 0.05) is 0 Å². The summed E-state index contributed by atoms with van der Waals surface area (Å²) in [5.74, 6) is -0.723. The van der Waals surface area contributed by atoms with Crippen molar-refractivity contribution < 1.29 is 17.9 Å². The third-order valence-electron chi connectivity index (χ3n) is 3.35. The molecule has 0 aromatic carbocycles. The summed E-state index contributed by atoms with van der Waals surface area (Å²) in [7, 11) is -4.02. The van der Waals surface area contributed by atoms with E-state index in [0.29, 0.717) is 18.5 Å². The van der Waals surface area contributed by atoms with Gasteiger partial charge < -0.3 is 4.74 Å². The summed E-state index contributed by atoms with van der Waals surface area (Å²) >= 11 is 0. The van der Waals surface area contributed by atoms with E-state index in [0.717, 1.165) is 25.7 Å². The Morgan fingerprint density at radius 1 is 1.45 bits per heavy atom. The third kappa shape index (κ3) is 3.18. The first-order valence-electron chi connectivity index (χ1n) is 6.74. The van der Waals surface area contributed by atoms with E-state index in [1.54, 1.807) is 0 Å². The van der Waals surface area contributed by atoms with Crippen molar-refractivity contribution in [1.82, 2.24) is 10.2 Å². The van der Waals surface area contributed by atoms with Gasteiger partial charge in [0.2, 0.25) is 10.0 Å². The van der Waals surface area contributed by atoms with Gasteiger partial charge in [0.1, 0.15) is 11.0 Å². The van der Waals surface area contributed by atoms with Crippen molar-refractivity contribution in [2.75, 3.05) is 0 Å². The molecule has 20 heavy (non-hydrogen) atoms. The normalized spacial score (nSPS) is 16.5. The summed E-state index contributed by atoms with van der Waals surface area (Å²) in [6.45, 7) is 1.89. The summed E-state index contributed by atoms with van der Waals surface area (Å²) < 4.78 is 28.6. The number of rotatable bonds is 5. The zero-order valence-corrected chi connectivity index (χ0v) is 12.2. The first-order chi connectivity index (χ1) is 9.43. The van der Waals surface area contributed by atoms with Gasteiger partial charge in [-0.15, -0.1) is 0 Å². The number of nitrogens with one attached hydrogen (secondary N) is 1. The lowest BCUT2D eigenvalue weighted by atomic mass is 10.2. The average Bonchev–Trinajstić information content (AvgIpc) is 2.97. The van der Waals surface area contributed by atoms with Crippen LogP contribution in [0.2, 0.25) is 0 Å². The van der Waals surface area contributed by atoms with Crippen LogP contribution in [0.1, 0.15) is 55.2 Å². The van der Waals surface area contributed by atoms with Gasteiger partial charge in [-0.25, -0.2) is 18.4 Å². The number of hydrogen-bond acceptors (Lipinski definition) is 5. The number of hydrogen-bond donors (Lipinski definition) is 2. The molecule has 1 aromatic rings. The van der Waals surface area contributed by atoms with Crippen LogP contribution in [-0.4, -0.2) is 30.7 Å². The number of ether oxygens (including phenoxy) is 1. The molecule has 1 aliphatic rings. The molecule has 0 radical (unpaired) electrons. The van der Waals surface area contributed by atoms with Crippen LogP contribution < -0.4 is 5.14 Å². The summed E-state index contributed by atoms with van der Waals surface area (Å²) in [5, 5.41) is 11.5. The van der Waals surface area contributed by atoms with Crippen LogP contribution in [0.5, 0.6) is 0 Å². The molecule has 0 spiro atoms. The highest BCUT2D eigenvalue weighted by Gasteiger charge is 2.30. The van der Waals surface area contributed by atoms with E-state index in [2.05, 4.69) is 10.2 Å². The summed E-state index contributed by atoms with van der Waals surface area (Å²) in [6, 6.07) is 0.